The number of benzene rings is 1. The van der Waals surface area contributed by atoms with Gasteiger partial charge in [-0.3, -0.25) is 24.0 Å². The number of hydrogen-bond acceptors (Lipinski definition) is 7. The van der Waals surface area contributed by atoms with E-state index in [1.165, 1.54) is 19.1 Å². The van der Waals surface area contributed by atoms with Crippen molar-refractivity contribution in [1.82, 2.24) is 16.0 Å². The average molecular weight is 480 g/mol. The van der Waals surface area contributed by atoms with Crippen molar-refractivity contribution in [3.63, 3.8) is 0 Å². The van der Waals surface area contributed by atoms with E-state index in [0.29, 0.717) is 5.56 Å². The number of carboxylic acids is 1. The van der Waals surface area contributed by atoms with Crippen molar-refractivity contribution in [2.24, 2.45) is 17.4 Å². The predicted octanol–water partition coefficient (Wildman–Crippen LogP) is -1.26. The minimum Gasteiger partial charge on any atom is -0.508 e. The Kier molecular flexibility index (Phi) is 11.0. The molecule has 4 amide bonds. The number of carboxylic acid groups (broad SMARTS) is 1. The van der Waals surface area contributed by atoms with Crippen molar-refractivity contribution < 1.29 is 34.2 Å². The number of nitrogens with one attached hydrogen (secondary N) is 3. The van der Waals surface area contributed by atoms with Gasteiger partial charge in [-0.2, -0.15) is 0 Å². The van der Waals surface area contributed by atoms with E-state index in [2.05, 4.69) is 16.0 Å². The van der Waals surface area contributed by atoms with E-state index < -0.39 is 60.2 Å². The van der Waals surface area contributed by atoms with E-state index in [4.69, 9.17) is 16.6 Å². The van der Waals surface area contributed by atoms with Crippen LogP contribution in [0.1, 0.15) is 39.2 Å². The molecule has 0 radical (unpaired) electrons. The van der Waals surface area contributed by atoms with Gasteiger partial charge in [-0.05, 0) is 37.0 Å². The van der Waals surface area contributed by atoms with Gasteiger partial charge in [-0.25, -0.2) is 0 Å². The normalized spacial score (nSPS) is 14.4. The summed E-state index contributed by atoms with van der Waals surface area (Å²) in [5, 5.41) is 25.9. The van der Waals surface area contributed by atoms with Gasteiger partial charge in [-0.1, -0.05) is 26.0 Å². The first-order valence-electron chi connectivity index (χ1n) is 10.8. The second kappa shape index (κ2) is 13.1. The molecular formula is C22H33N5O7. The third-order valence-corrected chi connectivity index (χ3v) is 4.84. The lowest BCUT2D eigenvalue weighted by Crippen LogP contribution is -2.57. The van der Waals surface area contributed by atoms with Gasteiger partial charge in [-0.15, -0.1) is 0 Å². The van der Waals surface area contributed by atoms with Gasteiger partial charge in [0.15, 0.2) is 0 Å². The topological polar surface area (TPSA) is 214 Å². The second-order valence-electron chi connectivity index (χ2n) is 8.47. The largest absolute Gasteiger partial charge is 0.508 e. The molecule has 0 saturated heterocycles. The Morgan fingerprint density at radius 1 is 0.882 bits per heavy atom. The molecule has 0 aliphatic carbocycles. The van der Waals surface area contributed by atoms with Crippen molar-refractivity contribution in [2.75, 3.05) is 0 Å². The van der Waals surface area contributed by atoms with Gasteiger partial charge in [0.05, 0.1) is 12.5 Å². The number of hydrogen-bond donors (Lipinski definition) is 7. The molecule has 9 N–H and O–H groups in total. The number of aromatic hydroxyl groups is 1. The molecule has 1 aromatic rings. The highest BCUT2D eigenvalue weighted by molar-refractivity contribution is 5.95. The number of carbonyl (C=O) groups is 5. The summed E-state index contributed by atoms with van der Waals surface area (Å²) in [5.41, 5.74) is 11.3. The highest BCUT2D eigenvalue weighted by Crippen LogP contribution is 2.12. The molecule has 188 valence electrons. The smallest absolute Gasteiger partial charge is 0.325 e. The highest BCUT2D eigenvalue weighted by Gasteiger charge is 2.30. The minimum absolute atomic E-state index is 0.00622. The summed E-state index contributed by atoms with van der Waals surface area (Å²) in [6.45, 7) is 4.93. The molecule has 4 unspecified atom stereocenters. The molecule has 0 saturated carbocycles. The van der Waals surface area contributed by atoms with E-state index in [1.807, 2.05) is 13.8 Å². The maximum absolute atomic E-state index is 13.0. The predicted molar refractivity (Wildman–Crippen MR) is 122 cm³/mol. The lowest BCUT2D eigenvalue weighted by Gasteiger charge is -2.25. The summed E-state index contributed by atoms with van der Waals surface area (Å²) in [5.74, 6) is -4.22. The zero-order valence-corrected chi connectivity index (χ0v) is 19.4. The number of rotatable bonds is 13. The molecule has 0 heterocycles. The van der Waals surface area contributed by atoms with Crippen LogP contribution in [0.15, 0.2) is 24.3 Å². The molecule has 0 aromatic heterocycles. The van der Waals surface area contributed by atoms with Crippen molar-refractivity contribution in [3.05, 3.63) is 29.8 Å². The maximum atomic E-state index is 13.0. The molecule has 12 heteroatoms. The summed E-state index contributed by atoms with van der Waals surface area (Å²) in [6.07, 6.45) is -0.200. The summed E-state index contributed by atoms with van der Waals surface area (Å²) >= 11 is 0. The first-order valence-corrected chi connectivity index (χ1v) is 10.8. The standard InChI is InChI=1S/C22H33N5O7/c1-11(2)8-16(26-19(30)15(23)10-18(24)29)21(32)27-17(20(31)25-12(3)22(33)34)9-13-4-6-14(28)7-5-13/h4-7,11-12,15-17,28H,8-10,23H2,1-3H3,(H2,24,29)(H,25,31)(H,26,30)(H,27,32)(H,33,34). The number of primary amides is 1. The molecule has 12 nitrogen and oxygen atoms in total. The fourth-order valence-corrected chi connectivity index (χ4v) is 3.02. The van der Waals surface area contributed by atoms with Crippen LogP contribution in [0.5, 0.6) is 5.75 Å². The fraction of sp³-hybridized carbons (Fsp3) is 0.500. The van der Waals surface area contributed by atoms with E-state index in [-0.39, 0.29) is 24.5 Å². The number of nitrogens with two attached hydrogens (primary N) is 2. The Morgan fingerprint density at radius 3 is 1.91 bits per heavy atom. The number of aliphatic carboxylic acids is 1. The van der Waals surface area contributed by atoms with Gasteiger partial charge < -0.3 is 37.6 Å². The Balaban J connectivity index is 3.08. The fourth-order valence-electron chi connectivity index (χ4n) is 3.02. The van der Waals surface area contributed by atoms with Crippen LogP contribution in [0.3, 0.4) is 0 Å². The highest BCUT2D eigenvalue weighted by atomic mass is 16.4. The van der Waals surface area contributed by atoms with Crippen LogP contribution < -0.4 is 27.4 Å². The summed E-state index contributed by atoms with van der Waals surface area (Å²) < 4.78 is 0. The minimum atomic E-state index is -1.25. The molecule has 0 aliphatic rings. The van der Waals surface area contributed by atoms with Gasteiger partial charge in [0, 0.05) is 6.42 Å². The molecular weight excluding hydrogens is 446 g/mol. The van der Waals surface area contributed by atoms with Crippen LogP contribution in [0.2, 0.25) is 0 Å². The molecule has 0 fully saturated rings. The van der Waals surface area contributed by atoms with Gasteiger partial charge in [0.25, 0.3) is 0 Å². The van der Waals surface area contributed by atoms with Crippen LogP contribution >= 0.6 is 0 Å². The third kappa shape index (κ3) is 9.86. The first kappa shape index (κ1) is 28.4. The molecule has 1 rings (SSSR count). The number of carbonyl (C=O) groups excluding carboxylic acids is 4. The third-order valence-electron chi connectivity index (χ3n) is 4.84. The van der Waals surface area contributed by atoms with E-state index in [9.17, 15) is 29.1 Å². The van der Waals surface area contributed by atoms with E-state index in [0.717, 1.165) is 0 Å². The molecule has 0 bridgehead atoms. The zero-order chi connectivity index (χ0) is 26.0. The number of phenolic OH excluding ortho intramolecular Hbond substituents is 1. The van der Waals surface area contributed by atoms with Crippen molar-refractivity contribution in [2.45, 2.75) is 64.2 Å². The SMILES string of the molecule is CC(C)CC(NC(=O)C(N)CC(N)=O)C(=O)NC(Cc1ccc(O)cc1)C(=O)NC(C)C(=O)O. The zero-order valence-electron chi connectivity index (χ0n) is 19.4. The summed E-state index contributed by atoms with van der Waals surface area (Å²) in [7, 11) is 0. The van der Waals surface area contributed by atoms with Crippen LogP contribution in [-0.2, 0) is 30.4 Å². The second-order valence-corrected chi connectivity index (χ2v) is 8.47. The Labute approximate surface area is 197 Å². The molecule has 34 heavy (non-hydrogen) atoms. The summed E-state index contributed by atoms with van der Waals surface area (Å²) in [6, 6.07) is 1.24. The van der Waals surface area contributed by atoms with Crippen LogP contribution in [0, 0.1) is 5.92 Å². The Bertz CT molecular complexity index is 888. The van der Waals surface area contributed by atoms with Crippen LogP contribution in [0.25, 0.3) is 0 Å². The lowest BCUT2D eigenvalue weighted by molar-refractivity contribution is -0.141. The Morgan fingerprint density at radius 2 is 1.41 bits per heavy atom. The van der Waals surface area contributed by atoms with E-state index >= 15 is 0 Å². The number of amides is 4. The van der Waals surface area contributed by atoms with Crippen LogP contribution in [-0.4, -0.2) is 64.0 Å². The van der Waals surface area contributed by atoms with Gasteiger partial charge in [0.2, 0.25) is 23.6 Å². The van der Waals surface area contributed by atoms with Gasteiger partial charge >= 0.3 is 5.97 Å². The quantitative estimate of drug-likeness (QED) is 0.181. The molecule has 1 aromatic carbocycles. The van der Waals surface area contributed by atoms with Crippen molar-refractivity contribution in [1.29, 1.82) is 0 Å². The average Bonchev–Trinajstić information content (AvgIpc) is 2.73. The molecule has 0 aliphatic heterocycles. The van der Waals surface area contributed by atoms with Gasteiger partial charge in [0.1, 0.15) is 23.9 Å². The monoisotopic (exact) mass is 479 g/mol. The first-order chi connectivity index (χ1) is 15.8. The maximum Gasteiger partial charge on any atom is 0.325 e. The molecule has 0 spiro atoms. The lowest BCUT2D eigenvalue weighted by atomic mass is 10.0. The van der Waals surface area contributed by atoms with E-state index in [1.54, 1.807) is 12.1 Å². The molecule has 4 atom stereocenters. The summed E-state index contributed by atoms with van der Waals surface area (Å²) in [4.78, 5) is 60.3. The van der Waals surface area contributed by atoms with Crippen molar-refractivity contribution in [3.8, 4) is 5.75 Å². The van der Waals surface area contributed by atoms with Crippen molar-refractivity contribution >= 4 is 29.6 Å². The van der Waals surface area contributed by atoms with Crippen LogP contribution in [0.4, 0.5) is 0 Å². The Hall–Kier alpha value is -3.67. The number of phenols is 1.